The molecule has 0 N–H and O–H groups in total. The van der Waals surface area contributed by atoms with Crippen LogP contribution < -0.4 is 9.47 Å². The average molecular weight is 516 g/mol. The Labute approximate surface area is 210 Å². The number of rotatable bonds is 7. The molecule has 2 aromatic carbocycles. The van der Waals surface area contributed by atoms with Crippen LogP contribution in [0.4, 0.5) is 5.69 Å². The summed E-state index contributed by atoms with van der Waals surface area (Å²) in [6.07, 6.45) is 6.05. The summed E-state index contributed by atoms with van der Waals surface area (Å²) < 4.78 is 11.0. The van der Waals surface area contributed by atoms with Crippen molar-refractivity contribution < 1.29 is 24.0 Å². The number of fused-ring (bicyclic) bond motifs is 5. The van der Waals surface area contributed by atoms with E-state index in [0.717, 1.165) is 11.4 Å². The van der Waals surface area contributed by atoms with Crippen LogP contribution in [0.15, 0.2) is 47.6 Å². The second kappa shape index (κ2) is 8.98. The van der Waals surface area contributed by atoms with Gasteiger partial charge >= 0.3 is 5.69 Å². The third kappa shape index (κ3) is 4.04. The van der Waals surface area contributed by atoms with Gasteiger partial charge in [0, 0.05) is 11.6 Å². The van der Waals surface area contributed by atoms with Crippen LogP contribution >= 0.6 is 23.2 Å². The number of allylic oxidation sites excluding steroid dienone is 2. The number of hydrogen-bond acceptors (Lipinski definition) is 7. The van der Waals surface area contributed by atoms with Crippen molar-refractivity contribution in [2.24, 2.45) is 28.8 Å². The van der Waals surface area contributed by atoms with Crippen molar-refractivity contribution in [3.63, 3.8) is 0 Å². The van der Waals surface area contributed by atoms with Gasteiger partial charge in [0.15, 0.2) is 5.75 Å². The Balaban J connectivity index is 1.39. The van der Waals surface area contributed by atoms with Crippen LogP contribution in [0.25, 0.3) is 0 Å². The van der Waals surface area contributed by atoms with Crippen molar-refractivity contribution in [1.82, 2.24) is 5.01 Å². The Hall–Kier alpha value is -3.43. The molecule has 2 aliphatic carbocycles. The van der Waals surface area contributed by atoms with E-state index in [1.807, 2.05) is 12.2 Å². The maximum Gasteiger partial charge on any atom is 0.315 e. The van der Waals surface area contributed by atoms with Crippen LogP contribution in [-0.4, -0.2) is 35.1 Å². The minimum Gasteiger partial charge on any atom is -0.493 e. The van der Waals surface area contributed by atoms with Gasteiger partial charge in [-0.05, 0) is 42.0 Å². The number of imide groups is 1. The van der Waals surface area contributed by atoms with E-state index in [4.69, 9.17) is 32.7 Å². The van der Waals surface area contributed by atoms with E-state index >= 15 is 0 Å². The first-order chi connectivity index (χ1) is 16.8. The largest absolute Gasteiger partial charge is 0.493 e. The van der Waals surface area contributed by atoms with Crippen molar-refractivity contribution in [3.8, 4) is 11.5 Å². The first-order valence-corrected chi connectivity index (χ1v) is 11.6. The Morgan fingerprint density at radius 1 is 1.11 bits per heavy atom. The molecule has 1 heterocycles. The number of ether oxygens (including phenoxy) is 2. The summed E-state index contributed by atoms with van der Waals surface area (Å²) >= 11 is 12.0. The molecular formula is C24H19Cl2N3O6. The zero-order chi connectivity index (χ0) is 24.9. The van der Waals surface area contributed by atoms with Gasteiger partial charge in [-0.1, -0.05) is 41.4 Å². The molecule has 2 aromatic rings. The number of carbonyl (C=O) groups excluding carboxylic acids is 2. The van der Waals surface area contributed by atoms with E-state index in [1.54, 1.807) is 18.2 Å². The minimum atomic E-state index is -0.607. The van der Waals surface area contributed by atoms with Crippen molar-refractivity contribution in [2.45, 2.75) is 13.0 Å². The van der Waals surface area contributed by atoms with Gasteiger partial charge in [-0.2, -0.15) is 10.1 Å². The maximum absolute atomic E-state index is 12.8. The number of benzene rings is 2. The molecule has 1 aliphatic heterocycles. The fourth-order valence-electron chi connectivity index (χ4n) is 5.02. The Morgan fingerprint density at radius 2 is 1.80 bits per heavy atom. The number of carbonyl (C=O) groups is 2. The molecule has 1 saturated carbocycles. The smallest absolute Gasteiger partial charge is 0.315 e. The number of methoxy groups -OCH3 is 1. The quantitative estimate of drug-likeness (QED) is 0.175. The van der Waals surface area contributed by atoms with Gasteiger partial charge in [-0.15, -0.1) is 0 Å². The van der Waals surface area contributed by atoms with Crippen LogP contribution in [0, 0.1) is 33.8 Å². The van der Waals surface area contributed by atoms with Crippen molar-refractivity contribution in [2.75, 3.05) is 7.11 Å². The summed E-state index contributed by atoms with van der Waals surface area (Å²) in [6.45, 7) is -0.0164. The predicted octanol–water partition coefficient (Wildman–Crippen LogP) is 4.63. The van der Waals surface area contributed by atoms with Crippen LogP contribution in [0.5, 0.6) is 11.5 Å². The van der Waals surface area contributed by atoms with E-state index in [2.05, 4.69) is 5.10 Å². The number of amides is 2. The highest BCUT2D eigenvalue weighted by Gasteiger charge is 2.59. The summed E-state index contributed by atoms with van der Waals surface area (Å²) in [5.41, 5.74) is 0.569. The van der Waals surface area contributed by atoms with Crippen LogP contribution in [0.1, 0.15) is 17.5 Å². The van der Waals surface area contributed by atoms with Crippen LogP contribution in [0.3, 0.4) is 0 Å². The molecule has 35 heavy (non-hydrogen) atoms. The zero-order valence-electron chi connectivity index (χ0n) is 18.4. The summed E-state index contributed by atoms with van der Waals surface area (Å²) in [7, 11) is 1.35. The fourth-order valence-corrected chi connectivity index (χ4v) is 5.35. The number of hydrazone groups is 1. The molecule has 0 unspecified atom stereocenters. The molecule has 0 aromatic heterocycles. The minimum absolute atomic E-state index is 0.0164. The van der Waals surface area contributed by atoms with Crippen molar-refractivity contribution in [1.29, 1.82) is 0 Å². The third-order valence-electron chi connectivity index (χ3n) is 6.61. The van der Waals surface area contributed by atoms with Gasteiger partial charge in [0.25, 0.3) is 11.8 Å². The third-order valence-corrected chi connectivity index (χ3v) is 7.35. The molecular weight excluding hydrogens is 497 g/mol. The van der Waals surface area contributed by atoms with E-state index < -0.39 is 4.92 Å². The first kappa shape index (κ1) is 23.3. The summed E-state index contributed by atoms with van der Waals surface area (Å²) in [5.74, 6) is -1.28. The number of nitro benzene ring substituents is 1. The van der Waals surface area contributed by atoms with Gasteiger partial charge < -0.3 is 9.47 Å². The van der Waals surface area contributed by atoms with Gasteiger partial charge in [-0.3, -0.25) is 19.7 Å². The summed E-state index contributed by atoms with van der Waals surface area (Å²) in [4.78, 5) is 36.8. The van der Waals surface area contributed by atoms with Gasteiger partial charge in [-0.25, -0.2) is 0 Å². The van der Waals surface area contributed by atoms with Gasteiger partial charge in [0.1, 0.15) is 6.61 Å². The standard InChI is InChI=1S/C24H19Cl2N3O6/c1-34-19-8-13(10-27-28-23(30)20-14-3-4-15(9-14)21(20)24(28)31)7-18(29(32)33)22(19)35-11-12-2-5-16(25)17(26)6-12/h2-8,10,14-15,20-21H,9,11H2,1H3/t14-,15-,20-,21+/m0/s1. The first-order valence-electron chi connectivity index (χ1n) is 10.8. The summed E-state index contributed by atoms with van der Waals surface area (Å²) in [5, 5.41) is 17.5. The highest BCUT2D eigenvalue weighted by Crippen LogP contribution is 2.52. The Morgan fingerprint density at radius 3 is 2.40 bits per heavy atom. The molecule has 5 rings (SSSR count). The van der Waals surface area contributed by atoms with E-state index in [0.29, 0.717) is 15.6 Å². The molecule has 180 valence electrons. The molecule has 0 spiro atoms. The molecule has 2 fully saturated rings. The molecule has 1 saturated heterocycles. The lowest BCUT2D eigenvalue weighted by molar-refractivity contribution is -0.386. The number of nitro groups is 1. The van der Waals surface area contributed by atoms with Crippen molar-refractivity contribution in [3.05, 3.63) is 73.8 Å². The average Bonchev–Trinajstić information content (AvgIpc) is 3.52. The monoisotopic (exact) mass is 515 g/mol. The van der Waals surface area contributed by atoms with Crippen LogP contribution in [-0.2, 0) is 16.2 Å². The molecule has 4 atom stereocenters. The highest BCUT2D eigenvalue weighted by molar-refractivity contribution is 6.42. The van der Waals surface area contributed by atoms with Crippen molar-refractivity contribution >= 4 is 46.9 Å². The fraction of sp³-hybridized carbons (Fsp3) is 0.292. The van der Waals surface area contributed by atoms with E-state index in [-0.39, 0.29) is 64.8 Å². The van der Waals surface area contributed by atoms with Crippen LogP contribution in [0.2, 0.25) is 10.0 Å². The molecule has 3 aliphatic rings. The second-order valence-electron chi connectivity index (χ2n) is 8.60. The lowest BCUT2D eigenvalue weighted by Gasteiger charge is -2.13. The molecule has 11 heteroatoms. The van der Waals surface area contributed by atoms with E-state index in [1.165, 1.54) is 25.5 Å². The lowest BCUT2D eigenvalue weighted by atomic mass is 9.85. The molecule has 2 amide bonds. The van der Waals surface area contributed by atoms with E-state index in [9.17, 15) is 19.7 Å². The predicted molar refractivity (Wildman–Crippen MR) is 128 cm³/mol. The maximum atomic E-state index is 12.8. The molecule has 0 radical (unpaired) electrons. The lowest BCUT2D eigenvalue weighted by Crippen LogP contribution is -2.28. The Bertz CT molecular complexity index is 1280. The molecule has 9 nitrogen and oxygen atoms in total. The van der Waals surface area contributed by atoms with Gasteiger partial charge in [0.2, 0.25) is 5.75 Å². The van der Waals surface area contributed by atoms with Gasteiger partial charge in [0.05, 0.1) is 40.1 Å². The zero-order valence-corrected chi connectivity index (χ0v) is 19.9. The number of halogens is 2. The number of hydrogen-bond donors (Lipinski definition) is 0. The molecule has 2 bridgehead atoms. The highest BCUT2D eigenvalue weighted by atomic mass is 35.5. The topological polar surface area (TPSA) is 111 Å². The normalized spacial score (nSPS) is 24.5. The second-order valence-corrected chi connectivity index (χ2v) is 9.41. The SMILES string of the molecule is COc1cc(C=NN2C(=O)[C@@H]3[C@H](C2=O)[C@H]2C=C[C@H]3C2)cc([N+](=O)[O-])c1OCc1ccc(Cl)c(Cl)c1. The number of nitrogens with zero attached hydrogens (tertiary/aromatic N) is 3. The summed E-state index contributed by atoms with van der Waals surface area (Å²) in [6, 6.07) is 7.62. The Kier molecular flexibility index (Phi) is 5.98.